The Balaban J connectivity index is 2.09. The first-order chi connectivity index (χ1) is 11.3. The van der Waals surface area contributed by atoms with Crippen LogP contribution < -0.4 is 10.1 Å². The largest absolute Gasteiger partial charge is 0.483 e. The van der Waals surface area contributed by atoms with E-state index in [2.05, 4.69) is 41.2 Å². The summed E-state index contributed by atoms with van der Waals surface area (Å²) in [5.74, 6) is 0.930. The molecule has 0 aliphatic rings. The first-order valence-corrected chi connectivity index (χ1v) is 8.87. The zero-order chi connectivity index (χ0) is 17.9. The van der Waals surface area contributed by atoms with Gasteiger partial charge in [-0.3, -0.25) is 4.79 Å². The van der Waals surface area contributed by atoms with Gasteiger partial charge in [-0.15, -0.1) is 0 Å². The van der Waals surface area contributed by atoms with Gasteiger partial charge in [0.1, 0.15) is 5.75 Å². The maximum Gasteiger partial charge on any atom is 0.262 e. The van der Waals surface area contributed by atoms with Gasteiger partial charge in [0, 0.05) is 10.2 Å². The van der Waals surface area contributed by atoms with Crippen molar-refractivity contribution in [2.24, 2.45) is 0 Å². The molecule has 2 aromatic carbocycles. The number of ether oxygens (including phenoxy) is 1. The molecule has 0 spiro atoms. The third-order valence-electron chi connectivity index (χ3n) is 3.94. The molecule has 0 radical (unpaired) electrons. The highest BCUT2D eigenvalue weighted by atomic mass is 79.9. The van der Waals surface area contributed by atoms with Crippen LogP contribution in [0.5, 0.6) is 5.75 Å². The van der Waals surface area contributed by atoms with Crippen molar-refractivity contribution >= 4 is 27.5 Å². The van der Waals surface area contributed by atoms with Crippen LogP contribution in [0.4, 0.5) is 5.69 Å². The number of carbonyl (C=O) groups excluding carboxylic acids is 1. The summed E-state index contributed by atoms with van der Waals surface area (Å²) in [5.41, 5.74) is 5.16. The Morgan fingerprint density at radius 2 is 1.83 bits per heavy atom. The van der Waals surface area contributed by atoms with Crippen LogP contribution in [0.3, 0.4) is 0 Å². The van der Waals surface area contributed by atoms with Gasteiger partial charge in [0.05, 0.1) is 0 Å². The van der Waals surface area contributed by atoms with Crippen LogP contribution in [-0.2, 0) is 4.79 Å². The zero-order valence-electron chi connectivity index (χ0n) is 14.9. The fraction of sp³-hybridized carbons (Fsp3) is 0.350. The van der Waals surface area contributed by atoms with E-state index in [1.807, 2.05) is 45.0 Å². The molecule has 2 rings (SSSR count). The van der Waals surface area contributed by atoms with Crippen LogP contribution in [0.15, 0.2) is 34.8 Å². The van der Waals surface area contributed by atoms with Gasteiger partial charge in [-0.2, -0.15) is 0 Å². The minimum Gasteiger partial charge on any atom is -0.483 e. The molecule has 1 N–H and O–H groups in total. The molecule has 0 heterocycles. The lowest BCUT2D eigenvalue weighted by atomic mass is 10.0. The Hall–Kier alpha value is -1.81. The second kappa shape index (κ2) is 7.84. The second-order valence-corrected chi connectivity index (χ2v) is 7.30. The van der Waals surface area contributed by atoms with E-state index in [0.717, 1.165) is 38.2 Å². The highest BCUT2D eigenvalue weighted by molar-refractivity contribution is 9.10. The number of nitrogens with one attached hydrogen (secondary N) is 1. The normalized spacial score (nSPS) is 10.8. The molecule has 24 heavy (non-hydrogen) atoms. The molecule has 0 atom stereocenters. The predicted octanol–water partition coefficient (Wildman–Crippen LogP) is 5.52. The van der Waals surface area contributed by atoms with Gasteiger partial charge >= 0.3 is 0 Å². The molecular weight excluding hydrogens is 366 g/mol. The topological polar surface area (TPSA) is 38.3 Å². The van der Waals surface area contributed by atoms with E-state index in [9.17, 15) is 4.79 Å². The quantitative estimate of drug-likeness (QED) is 0.731. The fourth-order valence-electron chi connectivity index (χ4n) is 2.45. The van der Waals surface area contributed by atoms with Gasteiger partial charge < -0.3 is 10.1 Å². The van der Waals surface area contributed by atoms with Gasteiger partial charge in [-0.25, -0.2) is 0 Å². The molecule has 0 saturated carbocycles. The molecule has 0 fully saturated rings. The summed E-state index contributed by atoms with van der Waals surface area (Å²) in [5, 5.41) is 2.92. The van der Waals surface area contributed by atoms with Crippen molar-refractivity contribution in [2.45, 2.75) is 40.5 Å². The molecule has 128 valence electrons. The standard InChI is InChI=1S/C20H24BrNO2/c1-12(2)16-10-17(21)15(5)9-19(16)24-11-20(23)22-18-8-13(3)6-7-14(18)4/h6-10,12H,11H2,1-5H3,(H,22,23). The first-order valence-electron chi connectivity index (χ1n) is 8.08. The molecule has 1 amide bonds. The highest BCUT2D eigenvalue weighted by Crippen LogP contribution is 2.32. The van der Waals surface area contributed by atoms with Crippen molar-refractivity contribution in [1.82, 2.24) is 0 Å². The van der Waals surface area contributed by atoms with E-state index in [1.54, 1.807) is 0 Å². The molecule has 0 aromatic heterocycles. The van der Waals surface area contributed by atoms with E-state index < -0.39 is 0 Å². The van der Waals surface area contributed by atoms with Gasteiger partial charge in [0.15, 0.2) is 6.61 Å². The van der Waals surface area contributed by atoms with E-state index in [1.165, 1.54) is 0 Å². The number of halogens is 1. The zero-order valence-corrected chi connectivity index (χ0v) is 16.5. The van der Waals surface area contributed by atoms with Crippen LogP contribution in [-0.4, -0.2) is 12.5 Å². The Bertz CT molecular complexity index is 754. The molecule has 0 bridgehead atoms. The fourth-order valence-corrected chi connectivity index (χ4v) is 2.81. The van der Waals surface area contributed by atoms with Crippen LogP contribution >= 0.6 is 15.9 Å². The summed E-state index contributed by atoms with van der Waals surface area (Å²) < 4.78 is 6.86. The molecule has 0 saturated heterocycles. The Morgan fingerprint density at radius 3 is 2.50 bits per heavy atom. The van der Waals surface area contributed by atoms with Gasteiger partial charge in [-0.05, 0) is 67.1 Å². The van der Waals surface area contributed by atoms with Crippen molar-refractivity contribution in [3.63, 3.8) is 0 Å². The monoisotopic (exact) mass is 389 g/mol. The van der Waals surface area contributed by atoms with Crippen LogP contribution in [0.1, 0.15) is 42.0 Å². The third-order valence-corrected chi connectivity index (χ3v) is 4.79. The molecule has 3 nitrogen and oxygen atoms in total. The van der Waals surface area contributed by atoms with E-state index in [-0.39, 0.29) is 12.5 Å². The minimum absolute atomic E-state index is 0.00578. The highest BCUT2D eigenvalue weighted by Gasteiger charge is 2.13. The maximum absolute atomic E-state index is 12.2. The Labute approximate surface area is 152 Å². The summed E-state index contributed by atoms with van der Waals surface area (Å²) >= 11 is 3.55. The third kappa shape index (κ3) is 4.60. The van der Waals surface area contributed by atoms with Crippen LogP contribution in [0.25, 0.3) is 0 Å². The summed E-state index contributed by atoms with van der Waals surface area (Å²) in [7, 11) is 0. The molecule has 2 aromatic rings. The second-order valence-electron chi connectivity index (χ2n) is 6.45. The number of amides is 1. The average Bonchev–Trinajstić information content (AvgIpc) is 2.51. The number of hydrogen-bond donors (Lipinski definition) is 1. The lowest BCUT2D eigenvalue weighted by Gasteiger charge is -2.16. The SMILES string of the molecule is Cc1ccc(C)c(NC(=O)COc2cc(C)c(Br)cc2C(C)C)c1. The molecule has 0 unspecified atom stereocenters. The van der Waals surface area contributed by atoms with Crippen molar-refractivity contribution in [3.8, 4) is 5.75 Å². The molecule has 0 aliphatic heterocycles. The van der Waals surface area contributed by atoms with E-state index >= 15 is 0 Å². The summed E-state index contributed by atoms with van der Waals surface area (Å²) in [4.78, 5) is 12.2. The lowest BCUT2D eigenvalue weighted by molar-refractivity contribution is -0.118. The van der Waals surface area contributed by atoms with Gasteiger partial charge in [0.25, 0.3) is 5.91 Å². The van der Waals surface area contributed by atoms with Crippen molar-refractivity contribution < 1.29 is 9.53 Å². The molecular formula is C20H24BrNO2. The Kier molecular flexibility index (Phi) is 6.05. The first kappa shape index (κ1) is 18.5. The van der Waals surface area contributed by atoms with E-state index in [4.69, 9.17) is 4.74 Å². The predicted molar refractivity (Wildman–Crippen MR) is 103 cm³/mol. The van der Waals surface area contributed by atoms with Crippen molar-refractivity contribution in [2.75, 3.05) is 11.9 Å². The summed E-state index contributed by atoms with van der Waals surface area (Å²) in [6, 6.07) is 10.0. The van der Waals surface area contributed by atoms with Crippen LogP contribution in [0.2, 0.25) is 0 Å². The number of benzene rings is 2. The minimum atomic E-state index is -0.154. The Morgan fingerprint density at radius 1 is 1.12 bits per heavy atom. The number of hydrogen-bond acceptors (Lipinski definition) is 2. The van der Waals surface area contributed by atoms with Gasteiger partial charge in [0.2, 0.25) is 0 Å². The average molecular weight is 390 g/mol. The number of carbonyl (C=O) groups is 1. The van der Waals surface area contributed by atoms with E-state index in [0.29, 0.717) is 5.92 Å². The van der Waals surface area contributed by atoms with Crippen molar-refractivity contribution in [3.05, 3.63) is 57.1 Å². The van der Waals surface area contributed by atoms with Crippen LogP contribution in [0, 0.1) is 20.8 Å². The maximum atomic E-state index is 12.2. The van der Waals surface area contributed by atoms with Gasteiger partial charge in [-0.1, -0.05) is 41.9 Å². The number of anilines is 1. The lowest BCUT2D eigenvalue weighted by Crippen LogP contribution is -2.21. The summed E-state index contributed by atoms with van der Waals surface area (Å²) in [6.07, 6.45) is 0. The summed E-state index contributed by atoms with van der Waals surface area (Å²) in [6.45, 7) is 10.2. The smallest absolute Gasteiger partial charge is 0.262 e. The van der Waals surface area contributed by atoms with Crippen molar-refractivity contribution in [1.29, 1.82) is 0 Å². The number of rotatable bonds is 5. The molecule has 4 heteroatoms. The number of aryl methyl sites for hydroxylation is 3. The molecule has 0 aliphatic carbocycles.